The van der Waals surface area contributed by atoms with E-state index in [2.05, 4.69) is 20.9 Å². The maximum absolute atomic E-state index is 13.4. The molecule has 0 aromatic heterocycles. The molecule has 0 saturated carbocycles. The molecule has 4 unspecified atom stereocenters. The normalized spacial score (nSPS) is 13.4. The third kappa shape index (κ3) is 12.8. The molecule has 0 bridgehead atoms. The van der Waals surface area contributed by atoms with Crippen LogP contribution in [-0.2, 0) is 36.8 Å². The fourth-order valence-corrected chi connectivity index (χ4v) is 4.16. The van der Waals surface area contributed by atoms with E-state index in [1.54, 1.807) is 24.3 Å². The fraction of sp³-hybridized carbons (Fsp3) is 0.379. The van der Waals surface area contributed by atoms with Crippen LogP contribution in [0.2, 0.25) is 0 Å². The van der Waals surface area contributed by atoms with Gasteiger partial charge in [0.2, 0.25) is 17.7 Å². The van der Waals surface area contributed by atoms with Crippen molar-refractivity contribution in [3.63, 3.8) is 0 Å². The fourth-order valence-electron chi connectivity index (χ4n) is 4.16. The number of phenols is 1. The van der Waals surface area contributed by atoms with Crippen molar-refractivity contribution in [3.8, 4) is 5.75 Å². The van der Waals surface area contributed by atoms with Gasteiger partial charge in [0.05, 0.1) is 6.04 Å². The van der Waals surface area contributed by atoms with E-state index in [1.165, 1.54) is 24.3 Å². The number of nitrogens with one attached hydrogen (secondary N) is 3. The van der Waals surface area contributed by atoms with Crippen LogP contribution in [-0.4, -0.2) is 81.7 Å². The Hall–Kier alpha value is -5.18. The van der Waals surface area contributed by atoms with Crippen LogP contribution in [0.15, 0.2) is 59.6 Å². The van der Waals surface area contributed by atoms with Crippen molar-refractivity contribution < 1.29 is 39.3 Å². The Morgan fingerprint density at radius 3 is 1.84 bits per heavy atom. The lowest BCUT2D eigenvalue weighted by atomic mass is 10.0. The first-order valence-corrected chi connectivity index (χ1v) is 13.8. The number of carboxylic acids is 2. The van der Waals surface area contributed by atoms with E-state index in [0.29, 0.717) is 5.56 Å². The van der Waals surface area contributed by atoms with E-state index in [9.17, 15) is 39.3 Å². The molecule has 2 aromatic carbocycles. The lowest BCUT2D eigenvalue weighted by Crippen LogP contribution is -2.57. The van der Waals surface area contributed by atoms with Crippen LogP contribution in [0.3, 0.4) is 0 Å². The first-order valence-electron chi connectivity index (χ1n) is 13.8. The van der Waals surface area contributed by atoms with E-state index < -0.39 is 60.2 Å². The minimum Gasteiger partial charge on any atom is -0.508 e. The van der Waals surface area contributed by atoms with Crippen LogP contribution in [0.4, 0.5) is 0 Å². The number of amides is 3. The number of carbonyl (C=O) groups is 5. The number of phenolic OH excluding ortho intramolecular Hbond substituents is 1. The molecule has 0 fully saturated rings. The summed E-state index contributed by atoms with van der Waals surface area (Å²) in [6.45, 7) is 0.137. The summed E-state index contributed by atoms with van der Waals surface area (Å²) in [7, 11) is 0. The predicted molar refractivity (Wildman–Crippen MR) is 160 cm³/mol. The minimum atomic E-state index is -1.45. The van der Waals surface area contributed by atoms with Crippen molar-refractivity contribution in [3.05, 3.63) is 65.7 Å². The molecule has 0 heterocycles. The van der Waals surface area contributed by atoms with Crippen molar-refractivity contribution in [2.75, 3.05) is 6.54 Å². The molecule has 0 aliphatic heterocycles. The number of rotatable bonds is 18. The van der Waals surface area contributed by atoms with Gasteiger partial charge in [-0.05, 0) is 48.9 Å². The number of aliphatic imine (C=N–C) groups is 1. The second-order valence-corrected chi connectivity index (χ2v) is 10.1. The number of hydrogen-bond donors (Lipinski definition) is 9. The first-order chi connectivity index (χ1) is 20.8. The van der Waals surface area contributed by atoms with E-state index in [4.69, 9.17) is 17.2 Å². The van der Waals surface area contributed by atoms with Crippen molar-refractivity contribution in [1.29, 1.82) is 0 Å². The Balaban J connectivity index is 2.19. The van der Waals surface area contributed by atoms with Gasteiger partial charge in [-0.25, -0.2) is 4.79 Å². The van der Waals surface area contributed by atoms with Crippen molar-refractivity contribution in [1.82, 2.24) is 16.0 Å². The number of nitrogens with two attached hydrogens (primary N) is 3. The van der Waals surface area contributed by atoms with Crippen molar-refractivity contribution in [2.24, 2.45) is 22.2 Å². The van der Waals surface area contributed by atoms with E-state index in [1.807, 2.05) is 6.07 Å². The Labute approximate surface area is 253 Å². The summed E-state index contributed by atoms with van der Waals surface area (Å²) >= 11 is 0. The monoisotopic (exact) mass is 613 g/mol. The smallest absolute Gasteiger partial charge is 0.326 e. The number of guanidine groups is 1. The molecule has 12 N–H and O–H groups in total. The molecule has 238 valence electrons. The molecule has 2 aromatic rings. The lowest BCUT2D eigenvalue weighted by Gasteiger charge is -2.25. The third-order valence-electron chi connectivity index (χ3n) is 6.48. The number of nitrogens with zero attached hydrogens (tertiary/aromatic N) is 1. The number of aromatic hydroxyl groups is 1. The Bertz CT molecular complexity index is 1300. The summed E-state index contributed by atoms with van der Waals surface area (Å²) in [4.78, 5) is 66.5. The summed E-state index contributed by atoms with van der Waals surface area (Å²) in [5.41, 5.74) is 18.1. The van der Waals surface area contributed by atoms with Gasteiger partial charge in [-0.15, -0.1) is 0 Å². The molecule has 0 spiro atoms. The van der Waals surface area contributed by atoms with Crippen molar-refractivity contribution >= 4 is 35.6 Å². The van der Waals surface area contributed by atoms with Crippen LogP contribution >= 0.6 is 0 Å². The number of benzene rings is 2. The average Bonchev–Trinajstić information content (AvgIpc) is 2.97. The number of carbonyl (C=O) groups excluding carboxylic acids is 3. The summed E-state index contributed by atoms with van der Waals surface area (Å²) in [6.07, 6.45) is -0.541. The number of hydrogen-bond acceptors (Lipinski definition) is 8. The van der Waals surface area contributed by atoms with Crippen molar-refractivity contribution in [2.45, 2.75) is 62.7 Å². The Morgan fingerprint density at radius 2 is 1.27 bits per heavy atom. The molecule has 0 radical (unpaired) electrons. The maximum Gasteiger partial charge on any atom is 0.326 e. The highest BCUT2D eigenvalue weighted by atomic mass is 16.4. The van der Waals surface area contributed by atoms with Crippen LogP contribution in [0, 0.1) is 0 Å². The second-order valence-electron chi connectivity index (χ2n) is 10.1. The van der Waals surface area contributed by atoms with Gasteiger partial charge in [0.15, 0.2) is 5.96 Å². The van der Waals surface area contributed by atoms with Gasteiger partial charge < -0.3 is 48.5 Å². The Kier molecular flexibility index (Phi) is 14.1. The molecule has 3 amide bonds. The summed E-state index contributed by atoms with van der Waals surface area (Å²) in [6, 6.07) is 9.60. The van der Waals surface area contributed by atoms with Crippen LogP contribution < -0.4 is 33.2 Å². The van der Waals surface area contributed by atoms with Crippen LogP contribution in [0.25, 0.3) is 0 Å². The SMILES string of the molecule is NC(N)=NCCCC(NC(=O)C(N)Cc1ccccc1)C(=O)NC(CCC(=O)O)C(=O)NC(Cc1ccc(O)cc1)C(=O)O. The molecule has 44 heavy (non-hydrogen) atoms. The molecular weight excluding hydrogens is 574 g/mol. The quantitative estimate of drug-likeness (QED) is 0.0556. The summed E-state index contributed by atoms with van der Waals surface area (Å²) in [5.74, 6) is -5.19. The standard InChI is InChI=1S/C29H39N7O8/c30-20(15-17-5-2-1-3-6-17)25(40)34-21(7-4-14-33-29(31)32)26(41)35-22(12-13-24(38)39)27(42)36-23(28(43)44)16-18-8-10-19(37)11-9-18/h1-3,5-6,8-11,20-23,37H,4,7,12-16,30H2,(H,34,40)(H,35,41)(H,36,42)(H,38,39)(H,43,44)(H4,31,32,33). The van der Waals surface area contributed by atoms with Gasteiger partial charge in [-0.1, -0.05) is 42.5 Å². The highest BCUT2D eigenvalue weighted by Gasteiger charge is 2.30. The highest BCUT2D eigenvalue weighted by Crippen LogP contribution is 2.12. The average molecular weight is 614 g/mol. The van der Waals surface area contributed by atoms with Gasteiger partial charge in [-0.2, -0.15) is 0 Å². The van der Waals surface area contributed by atoms with Gasteiger partial charge >= 0.3 is 11.9 Å². The number of carboxylic acid groups (broad SMARTS) is 2. The van der Waals surface area contributed by atoms with E-state index in [-0.39, 0.29) is 50.4 Å². The van der Waals surface area contributed by atoms with Gasteiger partial charge in [0, 0.05) is 19.4 Å². The zero-order chi connectivity index (χ0) is 32.6. The highest BCUT2D eigenvalue weighted by molar-refractivity contribution is 5.94. The molecule has 0 aliphatic rings. The van der Waals surface area contributed by atoms with Gasteiger partial charge in [0.1, 0.15) is 23.9 Å². The maximum atomic E-state index is 13.4. The minimum absolute atomic E-state index is 0.0259. The summed E-state index contributed by atoms with van der Waals surface area (Å²) < 4.78 is 0. The third-order valence-corrected chi connectivity index (χ3v) is 6.48. The van der Waals surface area contributed by atoms with E-state index in [0.717, 1.165) is 5.56 Å². The lowest BCUT2D eigenvalue weighted by molar-refractivity contribution is -0.143. The molecule has 15 nitrogen and oxygen atoms in total. The zero-order valence-electron chi connectivity index (χ0n) is 24.0. The zero-order valence-corrected chi connectivity index (χ0v) is 24.0. The molecule has 0 saturated heterocycles. The molecular formula is C29H39N7O8. The molecule has 4 atom stereocenters. The van der Waals surface area contributed by atoms with Gasteiger partial charge in [0.25, 0.3) is 0 Å². The molecule has 2 rings (SSSR count). The van der Waals surface area contributed by atoms with Crippen LogP contribution in [0.5, 0.6) is 5.75 Å². The second kappa shape index (κ2) is 17.7. The van der Waals surface area contributed by atoms with E-state index >= 15 is 0 Å². The largest absolute Gasteiger partial charge is 0.508 e. The van der Waals surface area contributed by atoms with Gasteiger partial charge in [-0.3, -0.25) is 24.2 Å². The predicted octanol–water partition coefficient (Wildman–Crippen LogP) is -1.04. The molecule has 0 aliphatic carbocycles. The number of aliphatic carboxylic acids is 2. The summed E-state index contributed by atoms with van der Waals surface area (Å²) in [5, 5.41) is 35.7. The Morgan fingerprint density at radius 1 is 0.727 bits per heavy atom. The van der Waals surface area contributed by atoms with Crippen LogP contribution in [0.1, 0.15) is 36.8 Å². The first kappa shape index (κ1) is 35.0. The topological polar surface area (TPSA) is 273 Å². The molecule has 15 heteroatoms.